The Labute approximate surface area is 229 Å². The molecular formula is C33H31NO4Si. The van der Waals surface area contributed by atoms with Crippen LogP contribution in [-0.4, -0.2) is 33.6 Å². The summed E-state index contributed by atoms with van der Waals surface area (Å²) in [6.45, 7) is 7.53. The maximum absolute atomic E-state index is 6.19. The molecule has 0 N–H and O–H groups in total. The first-order chi connectivity index (χ1) is 19.1. The lowest BCUT2D eigenvalue weighted by atomic mass is 10.0. The molecule has 0 amide bonds. The highest BCUT2D eigenvalue weighted by molar-refractivity contribution is 6.75. The van der Waals surface area contributed by atoms with E-state index in [9.17, 15) is 0 Å². The Bertz CT molecular complexity index is 1650. The van der Waals surface area contributed by atoms with Gasteiger partial charge in [-0.1, -0.05) is 60.7 Å². The Morgan fingerprint density at radius 1 is 0.590 bits per heavy atom. The fraction of sp³-hybridized carbons (Fsp3) is 0.182. The highest BCUT2D eigenvalue weighted by Gasteiger charge is 2.43. The normalized spacial score (nSPS) is 12.1. The lowest BCUT2D eigenvalue weighted by molar-refractivity contribution is 0.0859. The second-order valence-electron chi connectivity index (χ2n) is 9.40. The molecular weight excluding hydrogens is 502 g/mol. The van der Waals surface area contributed by atoms with Gasteiger partial charge in [0, 0.05) is 30.6 Å². The lowest BCUT2D eigenvalue weighted by Gasteiger charge is -2.28. The molecule has 6 rings (SSSR count). The summed E-state index contributed by atoms with van der Waals surface area (Å²) >= 11 is 0. The van der Waals surface area contributed by atoms with Crippen molar-refractivity contribution in [2.24, 2.45) is 0 Å². The van der Waals surface area contributed by atoms with Gasteiger partial charge >= 0.3 is 8.80 Å². The summed E-state index contributed by atoms with van der Waals surface area (Å²) in [5.41, 5.74) is 4.80. The van der Waals surface area contributed by atoms with Crippen molar-refractivity contribution in [1.29, 1.82) is 0 Å². The van der Waals surface area contributed by atoms with E-state index in [4.69, 9.17) is 22.7 Å². The molecule has 1 heterocycles. The predicted molar refractivity (Wildman–Crippen MR) is 160 cm³/mol. The van der Waals surface area contributed by atoms with Crippen molar-refractivity contribution in [1.82, 2.24) is 4.98 Å². The van der Waals surface area contributed by atoms with E-state index >= 15 is 0 Å². The molecule has 0 aliphatic carbocycles. The molecule has 0 atom stereocenters. The first-order valence-electron chi connectivity index (χ1n) is 13.5. The second-order valence-corrected chi connectivity index (χ2v) is 12.0. The van der Waals surface area contributed by atoms with Gasteiger partial charge in [0.05, 0.1) is 0 Å². The topological polar surface area (TPSA) is 53.7 Å². The van der Waals surface area contributed by atoms with Gasteiger partial charge in [-0.15, -0.1) is 0 Å². The quantitative estimate of drug-likeness (QED) is 0.141. The number of fused-ring (bicyclic) bond motifs is 3. The van der Waals surface area contributed by atoms with Crippen molar-refractivity contribution in [3.63, 3.8) is 0 Å². The van der Waals surface area contributed by atoms with Crippen LogP contribution in [0.5, 0.6) is 0 Å². The number of hydrogen-bond acceptors (Lipinski definition) is 5. The molecule has 0 spiro atoms. The van der Waals surface area contributed by atoms with Crippen molar-refractivity contribution >= 4 is 46.6 Å². The van der Waals surface area contributed by atoms with Gasteiger partial charge < -0.3 is 17.7 Å². The molecule has 196 valence electrons. The fourth-order valence-electron chi connectivity index (χ4n) is 5.11. The van der Waals surface area contributed by atoms with Gasteiger partial charge in [-0.2, -0.15) is 0 Å². The van der Waals surface area contributed by atoms with E-state index in [1.165, 1.54) is 10.8 Å². The summed E-state index contributed by atoms with van der Waals surface area (Å²) in [5.74, 6) is 0.618. The third-order valence-electron chi connectivity index (χ3n) is 6.92. The lowest BCUT2D eigenvalue weighted by Crippen LogP contribution is -2.56. The molecule has 0 aliphatic heterocycles. The van der Waals surface area contributed by atoms with Crippen LogP contribution in [0.4, 0.5) is 0 Å². The molecule has 0 fully saturated rings. The van der Waals surface area contributed by atoms with E-state index in [0.717, 1.165) is 43.7 Å². The Kier molecular flexibility index (Phi) is 7.02. The van der Waals surface area contributed by atoms with E-state index in [1.54, 1.807) is 0 Å². The number of rotatable bonds is 9. The van der Waals surface area contributed by atoms with E-state index in [2.05, 4.69) is 97.1 Å². The first-order valence-corrected chi connectivity index (χ1v) is 15.2. The zero-order valence-corrected chi connectivity index (χ0v) is 23.4. The van der Waals surface area contributed by atoms with Gasteiger partial charge in [0.1, 0.15) is 5.52 Å². The summed E-state index contributed by atoms with van der Waals surface area (Å²) in [4.78, 5) is 4.80. The summed E-state index contributed by atoms with van der Waals surface area (Å²) in [5, 5.41) is 5.71. The largest absolute Gasteiger partial charge is 0.537 e. The molecule has 1 aromatic heterocycles. The van der Waals surface area contributed by atoms with Gasteiger partial charge in [-0.25, -0.2) is 4.98 Å². The summed E-state index contributed by atoms with van der Waals surface area (Å²) < 4.78 is 24.4. The maximum atomic E-state index is 6.19. The predicted octanol–water partition coefficient (Wildman–Crippen LogP) is 7.72. The monoisotopic (exact) mass is 533 g/mol. The molecule has 6 heteroatoms. The SMILES string of the molecule is CCO[Si](OCC)(OCC)c1ccc(-c2ccc(-c3nc4cc5cc6ccccc6cc5cc4o3)cc2)cc1. The molecule has 0 saturated heterocycles. The minimum absolute atomic E-state index is 0.540. The van der Waals surface area contributed by atoms with Crippen LogP contribution in [0.2, 0.25) is 0 Å². The minimum atomic E-state index is -2.92. The van der Waals surface area contributed by atoms with Crippen LogP contribution in [-0.2, 0) is 13.3 Å². The summed E-state index contributed by atoms with van der Waals surface area (Å²) in [6, 6.07) is 33.6. The Morgan fingerprint density at radius 3 is 1.67 bits per heavy atom. The van der Waals surface area contributed by atoms with Gasteiger partial charge in [0.15, 0.2) is 5.58 Å². The van der Waals surface area contributed by atoms with Crippen LogP contribution in [0.3, 0.4) is 0 Å². The zero-order valence-electron chi connectivity index (χ0n) is 22.4. The third kappa shape index (κ3) is 4.88. The van der Waals surface area contributed by atoms with Crippen molar-refractivity contribution in [2.45, 2.75) is 20.8 Å². The van der Waals surface area contributed by atoms with E-state index in [0.29, 0.717) is 25.7 Å². The molecule has 6 aromatic rings. The molecule has 5 aromatic carbocycles. The third-order valence-corrected chi connectivity index (χ3v) is 9.96. The minimum Gasteiger partial charge on any atom is -0.436 e. The van der Waals surface area contributed by atoms with Gasteiger partial charge in [0.25, 0.3) is 0 Å². The van der Waals surface area contributed by atoms with E-state index in [1.807, 2.05) is 20.8 Å². The number of hydrogen-bond donors (Lipinski definition) is 0. The van der Waals surface area contributed by atoms with Gasteiger partial charge in [-0.05, 0) is 89.8 Å². The molecule has 0 saturated carbocycles. The van der Waals surface area contributed by atoms with Crippen molar-refractivity contribution in [3.05, 3.63) is 97.1 Å². The van der Waals surface area contributed by atoms with Crippen LogP contribution in [0.25, 0.3) is 55.2 Å². The van der Waals surface area contributed by atoms with Crippen molar-refractivity contribution in [3.8, 4) is 22.6 Å². The molecule has 0 unspecified atom stereocenters. The van der Waals surface area contributed by atoms with Gasteiger partial charge in [0.2, 0.25) is 5.89 Å². The van der Waals surface area contributed by atoms with Crippen LogP contribution < -0.4 is 5.19 Å². The fourth-order valence-corrected chi connectivity index (χ4v) is 7.57. The number of aromatic nitrogens is 1. The van der Waals surface area contributed by atoms with Crippen molar-refractivity contribution < 1.29 is 17.7 Å². The van der Waals surface area contributed by atoms with Crippen LogP contribution in [0.1, 0.15) is 20.8 Å². The highest BCUT2D eigenvalue weighted by atomic mass is 28.4. The van der Waals surface area contributed by atoms with E-state index < -0.39 is 8.80 Å². The average molecular weight is 534 g/mol. The van der Waals surface area contributed by atoms with E-state index in [-0.39, 0.29) is 0 Å². The highest BCUT2D eigenvalue weighted by Crippen LogP contribution is 2.31. The van der Waals surface area contributed by atoms with Gasteiger partial charge in [-0.3, -0.25) is 0 Å². The average Bonchev–Trinajstić information content (AvgIpc) is 3.38. The second kappa shape index (κ2) is 10.7. The summed E-state index contributed by atoms with van der Waals surface area (Å²) in [7, 11) is -2.92. The Hall–Kier alpha value is -3.81. The van der Waals surface area contributed by atoms with Crippen LogP contribution >= 0.6 is 0 Å². The Morgan fingerprint density at radius 2 is 1.10 bits per heavy atom. The number of nitrogens with zero attached hydrogens (tertiary/aromatic N) is 1. The molecule has 0 aliphatic rings. The van der Waals surface area contributed by atoms with Crippen LogP contribution in [0, 0.1) is 0 Å². The summed E-state index contributed by atoms with van der Waals surface area (Å²) in [6.07, 6.45) is 0. The molecule has 0 radical (unpaired) electrons. The molecule has 39 heavy (non-hydrogen) atoms. The van der Waals surface area contributed by atoms with Crippen LogP contribution in [0.15, 0.2) is 101 Å². The number of oxazole rings is 1. The first kappa shape index (κ1) is 25.5. The molecule has 0 bridgehead atoms. The standard InChI is InChI=1S/C33H31NO4Si/c1-4-35-39(36-5-2,37-6-3)30-17-15-24(16-18-30)23-11-13-25(14-12-23)33-34-31-21-28-19-26-9-7-8-10-27(26)20-29(28)22-32(31)38-33/h7-22H,4-6H2,1-3H3. The molecule has 5 nitrogen and oxygen atoms in total. The zero-order chi connectivity index (χ0) is 26.8. The smallest absolute Gasteiger partial charge is 0.436 e. The maximum Gasteiger partial charge on any atom is 0.537 e. The Balaban J connectivity index is 1.28. The number of benzene rings is 5. The van der Waals surface area contributed by atoms with Crippen molar-refractivity contribution in [2.75, 3.05) is 19.8 Å².